The first-order valence-corrected chi connectivity index (χ1v) is 12.1. The zero-order chi connectivity index (χ0) is 22.4. The van der Waals surface area contributed by atoms with E-state index in [0.29, 0.717) is 29.5 Å². The van der Waals surface area contributed by atoms with Crippen LogP contribution in [0.2, 0.25) is 0 Å². The number of ether oxygens (including phenoxy) is 1. The third kappa shape index (κ3) is 4.57. The van der Waals surface area contributed by atoms with Gasteiger partial charge in [-0.3, -0.25) is 0 Å². The Labute approximate surface area is 187 Å². The van der Waals surface area contributed by atoms with Crippen LogP contribution in [0.5, 0.6) is 5.75 Å². The number of amides is 1. The van der Waals surface area contributed by atoms with Gasteiger partial charge in [-0.2, -0.15) is 0 Å². The second-order valence-electron chi connectivity index (χ2n) is 11.4. The largest absolute Gasteiger partial charge is 0.508 e. The summed E-state index contributed by atoms with van der Waals surface area (Å²) in [5.74, 6) is 2.31. The van der Waals surface area contributed by atoms with E-state index in [9.17, 15) is 9.90 Å². The van der Waals surface area contributed by atoms with Crippen LogP contribution in [0, 0.1) is 17.8 Å². The number of aromatic hydroxyl groups is 1. The van der Waals surface area contributed by atoms with Crippen molar-refractivity contribution in [3.63, 3.8) is 0 Å². The second-order valence-corrected chi connectivity index (χ2v) is 11.4. The molecule has 4 unspecified atom stereocenters. The van der Waals surface area contributed by atoms with Crippen molar-refractivity contribution in [1.82, 2.24) is 10.2 Å². The Bertz CT molecular complexity index is 809. The molecule has 0 aromatic heterocycles. The van der Waals surface area contributed by atoms with Crippen molar-refractivity contribution in [3.05, 3.63) is 29.3 Å². The Morgan fingerprint density at radius 1 is 1.26 bits per heavy atom. The summed E-state index contributed by atoms with van der Waals surface area (Å²) >= 11 is 0. The number of phenols is 1. The van der Waals surface area contributed by atoms with Crippen LogP contribution >= 0.6 is 0 Å². The van der Waals surface area contributed by atoms with Crippen LogP contribution in [0.15, 0.2) is 18.2 Å². The monoisotopic (exact) mass is 428 g/mol. The molecule has 3 aliphatic rings. The average molecular weight is 429 g/mol. The van der Waals surface area contributed by atoms with Crippen molar-refractivity contribution in [2.45, 2.75) is 83.8 Å². The third-order valence-corrected chi connectivity index (χ3v) is 8.02. The predicted octanol–water partition coefficient (Wildman–Crippen LogP) is 4.86. The number of rotatable bonds is 3. The van der Waals surface area contributed by atoms with Crippen molar-refractivity contribution in [3.8, 4) is 5.75 Å². The zero-order valence-electron chi connectivity index (χ0n) is 19.9. The molecule has 1 aromatic carbocycles. The van der Waals surface area contributed by atoms with Crippen molar-refractivity contribution >= 4 is 6.09 Å². The smallest absolute Gasteiger partial charge is 0.410 e. The fourth-order valence-corrected chi connectivity index (χ4v) is 6.16. The van der Waals surface area contributed by atoms with Gasteiger partial charge in [0.05, 0.1) is 0 Å². The second kappa shape index (κ2) is 8.31. The van der Waals surface area contributed by atoms with E-state index in [-0.39, 0.29) is 11.5 Å². The number of fused-ring (bicyclic) bond motifs is 4. The molecule has 1 aromatic rings. The van der Waals surface area contributed by atoms with Crippen molar-refractivity contribution < 1.29 is 14.6 Å². The third-order valence-electron chi connectivity index (χ3n) is 8.02. The number of nitrogens with zero attached hydrogens (tertiary/aromatic N) is 1. The van der Waals surface area contributed by atoms with Gasteiger partial charge in [0.15, 0.2) is 0 Å². The van der Waals surface area contributed by atoms with Gasteiger partial charge in [-0.15, -0.1) is 0 Å². The topological polar surface area (TPSA) is 61.8 Å². The molecule has 0 spiro atoms. The van der Waals surface area contributed by atoms with Gasteiger partial charge in [0.2, 0.25) is 0 Å². The van der Waals surface area contributed by atoms with E-state index in [4.69, 9.17) is 4.74 Å². The number of piperidine rings is 1. The van der Waals surface area contributed by atoms with E-state index in [1.165, 1.54) is 17.5 Å². The van der Waals surface area contributed by atoms with Crippen molar-refractivity contribution in [2.24, 2.45) is 17.8 Å². The van der Waals surface area contributed by atoms with Crippen LogP contribution in [0.1, 0.15) is 71.4 Å². The number of hydrogen-bond donors (Lipinski definition) is 2. The number of likely N-dealkylation sites (tertiary alicyclic amines) is 1. The molecular formula is C26H40N2O3. The maximum atomic E-state index is 12.3. The number of phenolic OH excluding ortho intramolecular Hbond substituents is 1. The van der Waals surface area contributed by atoms with Crippen LogP contribution in [0.3, 0.4) is 0 Å². The number of nitrogens with one attached hydrogen (secondary N) is 1. The predicted molar refractivity (Wildman–Crippen MR) is 123 cm³/mol. The van der Waals surface area contributed by atoms with Gasteiger partial charge in [0.1, 0.15) is 11.4 Å². The van der Waals surface area contributed by atoms with Crippen LogP contribution in [0.25, 0.3) is 0 Å². The van der Waals surface area contributed by atoms with Crippen LogP contribution in [-0.4, -0.2) is 47.4 Å². The Kier molecular flexibility index (Phi) is 6.01. The van der Waals surface area contributed by atoms with Gasteiger partial charge in [0, 0.05) is 24.5 Å². The van der Waals surface area contributed by atoms with Gasteiger partial charge in [-0.05, 0) is 100 Å². The molecule has 2 aliphatic carbocycles. The van der Waals surface area contributed by atoms with Crippen LogP contribution in [0.4, 0.5) is 4.79 Å². The standard InChI is InChI=1S/C26H40N2O3/c1-17-8-11-26(5)22-15-20(29)7-6-19(22)14-21(17)23(26)27-16-18-9-12-28(13-10-18)24(30)31-25(2,3)4/h6-7,15,17-18,21,23,27,29H,8-14,16H2,1-5H3. The number of carbonyl (C=O) groups is 1. The molecule has 5 heteroatoms. The average Bonchev–Trinajstić information content (AvgIpc) is 2.70. The van der Waals surface area contributed by atoms with Gasteiger partial charge < -0.3 is 20.1 Å². The highest BCUT2D eigenvalue weighted by atomic mass is 16.6. The normalized spacial score (nSPS) is 31.3. The Balaban J connectivity index is 1.39. The molecule has 1 saturated carbocycles. The summed E-state index contributed by atoms with van der Waals surface area (Å²) < 4.78 is 5.54. The Morgan fingerprint density at radius 3 is 2.65 bits per heavy atom. The van der Waals surface area contributed by atoms with E-state index in [1.807, 2.05) is 37.8 Å². The highest BCUT2D eigenvalue weighted by Gasteiger charge is 2.50. The van der Waals surface area contributed by atoms with Gasteiger partial charge in [0.25, 0.3) is 0 Å². The van der Waals surface area contributed by atoms with Crippen LogP contribution in [-0.2, 0) is 16.6 Å². The first-order chi connectivity index (χ1) is 14.6. The number of benzene rings is 1. The maximum Gasteiger partial charge on any atom is 0.410 e. The molecule has 2 bridgehead atoms. The molecule has 4 atom stereocenters. The highest BCUT2D eigenvalue weighted by Crippen LogP contribution is 2.51. The number of hydrogen-bond acceptors (Lipinski definition) is 4. The minimum atomic E-state index is -0.439. The zero-order valence-corrected chi connectivity index (χ0v) is 19.9. The van der Waals surface area contributed by atoms with Gasteiger partial charge in [-0.1, -0.05) is 19.9 Å². The summed E-state index contributed by atoms with van der Waals surface area (Å²) in [6.45, 7) is 13.1. The Hall–Kier alpha value is -1.75. The molecule has 1 amide bonds. The van der Waals surface area contributed by atoms with Crippen molar-refractivity contribution in [2.75, 3.05) is 19.6 Å². The van der Waals surface area contributed by atoms with Gasteiger partial charge in [-0.25, -0.2) is 4.79 Å². The molecule has 1 saturated heterocycles. The summed E-state index contributed by atoms with van der Waals surface area (Å²) in [6, 6.07) is 6.43. The quantitative estimate of drug-likeness (QED) is 0.722. The highest BCUT2D eigenvalue weighted by molar-refractivity contribution is 5.68. The maximum absolute atomic E-state index is 12.3. The molecule has 4 rings (SSSR count). The summed E-state index contributed by atoms with van der Waals surface area (Å²) in [5.41, 5.74) is 2.39. The van der Waals surface area contributed by atoms with Crippen LogP contribution < -0.4 is 5.32 Å². The lowest BCUT2D eigenvalue weighted by Crippen LogP contribution is -2.60. The lowest BCUT2D eigenvalue weighted by molar-refractivity contribution is 0.0176. The molecule has 5 nitrogen and oxygen atoms in total. The fraction of sp³-hybridized carbons (Fsp3) is 0.731. The molecule has 1 aliphatic heterocycles. The molecule has 2 fully saturated rings. The summed E-state index contributed by atoms with van der Waals surface area (Å²) in [7, 11) is 0. The molecule has 31 heavy (non-hydrogen) atoms. The summed E-state index contributed by atoms with van der Waals surface area (Å²) in [6.07, 6.45) is 5.37. The first-order valence-electron chi connectivity index (χ1n) is 12.1. The summed E-state index contributed by atoms with van der Waals surface area (Å²) in [5, 5.41) is 14.1. The minimum absolute atomic E-state index is 0.0702. The number of carbonyl (C=O) groups excluding carboxylic acids is 1. The van der Waals surface area contributed by atoms with E-state index in [0.717, 1.165) is 45.3 Å². The molecule has 2 N–H and O–H groups in total. The Morgan fingerprint density at radius 2 is 1.97 bits per heavy atom. The summed E-state index contributed by atoms with van der Waals surface area (Å²) in [4.78, 5) is 14.2. The molecule has 0 radical (unpaired) electrons. The van der Waals surface area contributed by atoms with E-state index in [2.05, 4.69) is 25.2 Å². The fourth-order valence-electron chi connectivity index (χ4n) is 6.16. The lowest BCUT2D eigenvalue weighted by atomic mass is 9.54. The molecule has 172 valence electrons. The molecule has 1 heterocycles. The van der Waals surface area contributed by atoms with E-state index in [1.54, 1.807) is 0 Å². The first kappa shape index (κ1) is 22.4. The SMILES string of the molecule is CC1CCC2(C)c3cc(O)ccc3CC1C2NCC1CCN(C(=O)OC(C)(C)C)CC1. The van der Waals surface area contributed by atoms with Crippen molar-refractivity contribution in [1.29, 1.82) is 0 Å². The minimum Gasteiger partial charge on any atom is -0.508 e. The lowest BCUT2D eigenvalue weighted by Gasteiger charge is -2.54. The van der Waals surface area contributed by atoms with E-state index < -0.39 is 5.60 Å². The van der Waals surface area contributed by atoms with E-state index >= 15 is 0 Å². The molecular weight excluding hydrogens is 388 g/mol. The van der Waals surface area contributed by atoms with Gasteiger partial charge >= 0.3 is 6.09 Å².